The van der Waals surface area contributed by atoms with Crippen LogP contribution in [0.25, 0.3) is 0 Å². The number of hydrogen-bond donors (Lipinski definition) is 1. The Labute approximate surface area is 103 Å². The van der Waals surface area contributed by atoms with Gasteiger partial charge in [-0.05, 0) is 25.5 Å². The van der Waals surface area contributed by atoms with Crippen LogP contribution in [0.15, 0.2) is 24.0 Å². The lowest BCUT2D eigenvalue weighted by atomic mass is 9.94. The Bertz CT molecular complexity index is 450. The highest BCUT2D eigenvalue weighted by Crippen LogP contribution is 2.31. The number of likely N-dealkylation sites (N-methyl/N-ethyl adjacent to an activating group) is 1. The van der Waals surface area contributed by atoms with Gasteiger partial charge in [0.25, 0.3) is 0 Å². The Kier molecular flexibility index (Phi) is 3.91. The third-order valence-electron chi connectivity index (χ3n) is 2.95. The molecule has 1 heterocycles. The lowest BCUT2D eigenvalue weighted by Crippen LogP contribution is -2.23. The third kappa shape index (κ3) is 2.51. The molecule has 0 radical (unpaired) electrons. The minimum atomic E-state index is -0.919. The van der Waals surface area contributed by atoms with Gasteiger partial charge < -0.3 is 10.1 Å². The van der Waals surface area contributed by atoms with Gasteiger partial charge in [0.1, 0.15) is 17.5 Å². The quantitative estimate of drug-likeness (QED) is 0.898. The summed E-state index contributed by atoms with van der Waals surface area (Å²) in [7, 11) is 1.60. The number of halogens is 3. The Morgan fingerprint density at radius 1 is 1.22 bits per heavy atom. The Morgan fingerprint density at radius 2 is 1.89 bits per heavy atom. The Balaban J connectivity index is 2.41. The van der Waals surface area contributed by atoms with Crippen LogP contribution in [-0.2, 0) is 4.74 Å². The molecule has 18 heavy (non-hydrogen) atoms. The zero-order chi connectivity index (χ0) is 13.1. The molecule has 1 atom stereocenters. The molecule has 1 unspecified atom stereocenters. The van der Waals surface area contributed by atoms with Crippen LogP contribution in [0.3, 0.4) is 0 Å². The van der Waals surface area contributed by atoms with Crippen LogP contribution in [0.1, 0.15) is 24.4 Å². The van der Waals surface area contributed by atoms with E-state index in [2.05, 4.69) is 5.32 Å². The molecule has 1 N–H and O–H groups in total. The molecule has 0 fully saturated rings. The van der Waals surface area contributed by atoms with Gasteiger partial charge in [0.05, 0.1) is 18.9 Å². The molecule has 1 aliphatic rings. The van der Waals surface area contributed by atoms with Gasteiger partial charge in [-0.3, -0.25) is 0 Å². The molecule has 0 aromatic heterocycles. The Hall–Kier alpha value is -1.49. The summed E-state index contributed by atoms with van der Waals surface area (Å²) in [5, 5.41) is 2.84. The highest BCUT2D eigenvalue weighted by atomic mass is 19.1. The summed E-state index contributed by atoms with van der Waals surface area (Å²) < 4.78 is 45.5. The van der Waals surface area contributed by atoms with Crippen molar-refractivity contribution in [3.8, 4) is 0 Å². The number of rotatable bonds is 3. The number of ether oxygens (including phenoxy) is 1. The van der Waals surface area contributed by atoms with Gasteiger partial charge in [-0.15, -0.1) is 0 Å². The van der Waals surface area contributed by atoms with E-state index in [0.29, 0.717) is 25.2 Å². The summed E-state index contributed by atoms with van der Waals surface area (Å²) in [5.41, 5.74) is 0.587. The molecule has 0 saturated heterocycles. The van der Waals surface area contributed by atoms with Crippen molar-refractivity contribution < 1.29 is 17.9 Å². The lowest BCUT2D eigenvalue weighted by molar-refractivity contribution is 0.219. The molecule has 2 nitrogen and oxygen atoms in total. The summed E-state index contributed by atoms with van der Waals surface area (Å²) in [6.45, 7) is 0.605. The maximum Gasteiger partial charge on any atom is 0.134 e. The van der Waals surface area contributed by atoms with Crippen molar-refractivity contribution in [3.63, 3.8) is 0 Å². The molecule has 98 valence electrons. The second-order valence-electron chi connectivity index (χ2n) is 4.17. The van der Waals surface area contributed by atoms with E-state index in [4.69, 9.17) is 4.74 Å². The van der Waals surface area contributed by atoms with E-state index < -0.39 is 23.5 Å². The molecule has 1 aliphatic heterocycles. The second-order valence-corrected chi connectivity index (χ2v) is 4.17. The fraction of sp³-hybridized carbons (Fsp3) is 0.385. The van der Waals surface area contributed by atoms with Crippen LogP contribution in [-0.4, -0.2) is 13.7 Å². The first kappa shape index (κ1) is 13.0. The van der Waals surface area contributed by atoms with Gasteiger partial charge in [0, 0.05) is 17.7 Å². The van der Waals surface area contributed by atoms with Gasteiger partial charge in [-0.25, -0.2) is 13.2 Å². The van der Waals surface area contributed by atoms with Crippen LogP contribution in [0.4, 0.5) is 13.2 Å². The smallest absolute Gasteiger partial charge is 0.134 e. The predicted octanol–water partition coefficient (Wildman–Crippen LogP) is 3.06. The molecule has 0 saturated carbocycles. The molecule has 0 aliphatic carbocycles. The van der Waals surface area contributed by atoms with Gasteiger partial charge in [0.2, 0.25) is 0 Å². The SMILES string of the molecule is CNC(C1=COCCC1)c1c(F)cc(F)cc1F. The molecular formula is C13H14F3NO. The molecule has 1 aromatic carbocycles. The van der Waals surface area contributed by atoms with E-state index in [0.717, 1.165) is 12.0 Å². The highest BCUT2D eigenvalue weighted by Gasteiger charge is 2.24. The Morgan fingerprint density at radius 3 is 2.39 bits per heavy atom. The molecule has 2 rings (SSSR count). The fourth-order valence-electron chi connectivity index (χ4n) is 2.14. The summed E-state index contributed by atoms with van der Waals surface area (Å²) in [5.74, 6) is -2.70. The molecular weight excluding hydrogens is 243 g/mol. The van der Waals surface area contributed by atoms with Gasteiger partial charge in [0.15, 0.2) is 0 Å². The van der Waals surface area contributed by atoms with E-state index in [9.17, 15) is 13.2 Å². The van der Waals surface area contributed by atoms with Gasteiger partial charge in [-0.1, -0.05) is 0 Å². The summed E-state index contributed by atoms with van der Waals surface area (Å²) >= 11 is 0. The van der Waals surface area contributed by atoms with Crippen LogP contribution >= 0.6 is 0 Å². The highest BCUT2D eigenvalue weighted by molar-refractivity contribution is 5.31. The third-order valence-corrected chi connectivity index (χ3v) is 2.95. The monoisotopic (exact) mass is 257 g/mol. The minimum Gasteiger partial charge on any atom is -0.501 e. The summed E-state index contributed by atoms with van der Waals surface area (Å²) in [6, 6.07) is 0.742. The van der Waals surface area contributed by atoms with Crippen LogP contribution in [0.5, 0.6) is 0 Å². The average Bonchev–Trinajstić information content (AvgIpc) is 2.34. The first-order valence-electron chi connectivity index (χ1n) is 5.75. The van der Waals surface area contributed by atoms with Gasteiger partial charge in [-0.2, -0.15) is 0 Å². The predicted molar refractivity (Wildman–Crippen MR) is 61.4 cm³/mol. The van der Waals surface area contributed by atoms with Crippen LogP contribution in [0, 0.1) is 17.5 Å². The van der Waals surface area contributed by atoms with Crippen molar-refractivity contribution in [2.45, 2.75) is 18.9 Å². The number of hydrogen-bond acceptors (Lipinski definition) is 2. The first-order chi connectivity index (χ1) is 8.63. The maximum atomic E-state index is 13.7. The van der Waals surface area contributed by atoms with Crippen molar-refractivity contribution >= 4 is 0 Å². The molecule has 0 bridgehead atoms. The molecule has 0 amide bonds. The van der Waals surface area contributed by atoms with E-state index in [1.54, 1.807) is 7.05 Å². The molecule has 5 heteroatoms. The van der Waals surface area contributed by atoms with E-state index in [1.165, 1.54) is 6.26 Å². The van der Waals surface area contributed by atoms with Crippen molar-refractivity contribution in [2.75, 3.05) is 13.7 Å². The average molecular weight is 257 g/mol. The normalized spacial score (nSPS) is 17.0. The standard InChI is InChI=1S/C13H14F3NO/c1-17-13(8-3-2-4-18-7-8)12-10(15)5-9(14)6-11(12)16/h5-7,13,17H,2-4H2,1H3. The second kappa shape index (κ2) is 5.44. The topological polar surface area (TPSA) is 21.3 Å². The van der Waals surface area contributed by atoms with Crippen molar-refractivity contribution in [1.29, 1.82) is 0 Å². The largest absolute Gasteiger partial charge is 0.501 e. The molecule has 1 aromatic rings. The van der Waals surface area contributed by atoms with Crippen LogP contribution < -0.4 is 5.32 Å². The zero-order valence-corrected chi connectivity index (χ0v) is 9.97. The van der Waals surface area contributed by atoms with E-state index in [-0.39, 0.29) is 5.56 Å². The maximum absolute atomic E-state index is 13.7. The fourth-order valence-corrected chi connectivity index (χ4v) is 2.14. The van der Waals surface area contributed by atoms with Crippen molar-refractivity contribution in [3.05, 3.63) is 47.0 Å². The molecule has 0 spiro atoms. The van der Waals surface area contributed by atoms with Crippen molar-refractivity contribution in [2.24, 2.45) is 0 Å². The number of nitrogens with one attached hydrogen (secondary N) is 1. The van der Waals surface area contributed by atoms with E-state index in [1.807, 2.05) is 0 Å². The van der Waals surface area contributed by atoms with Crippen LogP contribution in [0.2, 0.25) is 0 Å². The van der Waals surface area contributed by atoms with Crippen molar-refractivity contribution in [1.82, 2.24) is 5.32 Å². The first-order valence-corrected chi connectivity index (χ1v) is 5.75. The van der Waals surface area contributed by atoms with E-state index >= 15 is 0 Å². The zero-order valence-electron chi connectivity index (χ0n) is 9.97. The summed E-state index contributed by atoms with van der Waals surface area (Å²) in [4.78, 5) is 0. The minimum absolute atomic E-state index is 0.171. The lowest BCUT2D eigenvalue weighted by Gasteiger charge is -2.24. The number of benzene rings is 1. The summed E-state index contributed by atoms with van der Waals surface area (Å²) in [6.07, 6.45) is 3.02. The van der Waals surface area contributed by atoms with Gasteiger partial charge >= 0.3 is 0 Å².